The highest BCUT2D eigenvalue weighted by molar-refractivity contribution is 6.06. The fourth-order valence-corrected chi connectivity index (χ4v) is 4.07. The van der Waals surface area contributed by atoms with Crippen LogP contribution in [0, 0.1) is 0 Å². The van der Waals surface area contributed by atoms with Crippen molar-refractivity contribution in [3.05, 3.63) is 60.9 Å². The summed E-state index contributed by atoms with van der Waals surface area (Å²) in [6, 6.07) is 17.7. The summed E-state index contributed by atoms with van der Waals surface area (Å²) in [6.45, 7) is 2.99. The van der Waals surface area contributed by atoms with Crippen LogP contribution >= 0.6 is 0 Å². The van der Waals surface area contributed by atoms with Crippen LogP contribution in [0.15, 0.2) is 65.3 Å². The highest BCUT2D eigenvalue weighted by Crippen LogP contribution is 2.42. The third kappa shape index (κ3) is 4.07. The normalized spacial score (nSPS) is 15.7. The van der Waals surface area contributed by atoms with E-state index in [2.05, 4.69) is 32.7 Å². The Labute approximate surface area is 185 Å². The lowest BCUT2D eigenvalue weighted by molar-refractivity contribution is -0.114. The zero-order chi connectivity index (χ0) is 21.9. The van der Waals surface area contributed by atoms with E-state index in [0.29, 0.717) is 18.0 Å². The SMILES string of the molecule is CC(=O)Nc1ccc(-c2oc3ncnc(NCC4CCCO4)c3c2-c2ccccc2)cc1. The van der Waals surface area contributed by atoms with Crippen molar-refractivity contribution in [3.63, 3.8) is 0 Å². The van der Waals surface area contributed by atoms with Gasteiger partial charge in [-0.25, -0.2) is 9.97 Å². The first kappa shape index (κ1) is 20.2. The van der Waals surface area contributed by atoms with Gasteiger partial charge in [0, 0.05) is 36.9 Å². The first-order valence-corrected chi connectivity index (χ1v) is 10.8. The molecule has 1 atom stereocenters. The van der Waals surface area contributed by atoms with Crippen molar-refractivity contribution in [1.29, 1.82) is 0 Å². The number of nitrogens with one attached hydrogen (secondary N) is 2. The molecule has 162 valence electrons. The number of nitrogens with zero attached hydrogens (tertiary/aromatic N) is 2. The molecule has 1 saturated heterocycles. The van der Waals surface area contributed by atoms with E-state index in [1.54, 1.807) is 0 Å². The minimum absolute atomic E-state index is 0.108. The highest BCUT2D eigenvalue weighted by Gasteiger charge is 2.23. The lowest BCUT2D eigenvalue weighted by Crippen LogP contribution is -2.19. The number of aromatic nitrogens is 2. The van der Waals surface area contributed by atoms with Crippen LogP contribution in [-0.4, -0.2) is 35.1 Å². The third-order valence-corrected chi connectivity index (χ3v) is 5.54. The number of anilines is 2. The second kappa shape index (κ2) is 8.80. The van der Waals surface area contributed by atoms with Gasteiger partial charge in [-0.1, -0.05) is 30.3 Å². The van der Waals surface area contributed by atoms with E-state index in [-0.39, 0.29) is 12.0 Å². The smallest absolute Gasteiger partial charge is 0.232 e. The van der Waals surface area contributed by atoms with Crippen LogP contribution in [0.25, 0.3) is 33.6 Å². The Morgan fingerprint density at radius 1 is 1.06 bits per heavy atom. The average Bonchev–Trinajstić information content (AvgIpc) is 3.46. The molecule has 1 amide bonds. The second-order valence-electron chi connectivity index (χ2n) is 7.85. The number of hydrogen-bond acceptors (Lipinski definition) is 6. The summed E-state index contributed by atoms with van der Waals surface area (Å²) in [4.78, 5) is 20.3. The van der Waals surface area contributed by atoms with Gasteiger partial charge in [0.05, 0.1) is 11.5 Å². The zero-order valence-electron chi connectivity index (χ0n) is 17.8. The fraction of sp³-hybridized carbons (Fsp3) is 0.240. The number of ether oxygens (including phenoxy) is 1. The molecule has 32 heavy (non-hydrogen) atoms. The summed E-state index contributed by atoms with van der Waals surface area (Å²) in [5, 5.41) is 7.09. The number of amides is 1. The Balaban J connectivity index is 1.61. The van der Waals surface area contributed by atoms with Crippen LogP contribution in [0.4, 0.5) is 11.5 Å². The number of hydrogen-bond donors (Lipinski definition) is 2. The Morgan fingerprint density at radius 3 is 2.59 bits per heavy atom. The van der Waals surface area contributed by atoms with Gasteiger partial charge in [0.1, 0.15) is 17.9 Å². The van der Waals surface area contributed by atoms with Gasteiger partial charge in [0.2, 0.25) is 11.6 Å². The number of benzene rings is 2. The monoisotopic (exact) mass is 428 g/mol. The summed E-state index contributed by atoms with van der Waals surface area (Å²) in [6.07, 6.45) is 3.84. The predicted octanol–water partition coefficient (Wildman–Crippen LogP) is 5.11. The number of fused-ring (bicyclic) bond motifs is 1. The van der Waals surface area contributed by atoms with Crippen LogP contribution in [0.2, 0.25) is 0 Å². The van der Waals surface area contributed by atoms with E-state index in [0.717, 1.165) is 53.0 Å². The fourth-order valence-electron chi connectivity index (χ4n) is 4.07. The Hall–Kier alpha value is -3.71. The van der Waals surface area contributed by atoms with Crippen molar-refractivity contribution in [3.8, 4) is 22.5 Å². The molecule has 4 aromatic rings. The van der Waals surface area contributed by atoms with Gasteiger partial charge >= 0.3 is 0 Å². The van der Waals surface area contributed by atoms with Crippen molar-refractivity contribution < 1.29 is 13.9 Å². The van der Waals surface area contributed by atoms with Crippen LogP contribution in [-0.2, 0) is 9.53 Å². The molecular formula is C25H24N4O3. The van der Waals surface area contributed by atoms with E-state index in [1.165, 1.54) is 13.3 Å². The highest BCUT2D eigenvalue weighted by atomic mass is 16.5. The topological polar surface area (TPSA) is 89.3 Å². The van der Waals surface area contributed by atoms with Crippen LogP contribution in [0.3, 0.4) is 0 Å². The molecule has 5 rings (SSSR count). The van der Waals surface area contributed by atoms with Crippen molar-refractivity contribution in [2.45, 2.75) is 25.9 Å². The van der Waals surface area contributed by atoms with Gasteiger partial charge in [-0.2, -0.15) is 0 Å². The largest absolute Gasteiger partial charge is 0.437 e. The van der Waals surface area contributed by atoms with E-state index in [1.807, 2.05) is 42.5 Å². The van der Waals surface area contributed by atoms with Gasteiger partial charge in [-0.05, 0) is 42.7 Å². The van der Waals surface area contributed by atoms with Crippen LogP contribution in [0.1, 0.15) is 19.8 Å². The molecule has 2 aromatic heterocycles. The Kier molecular flexibility index (Phi) is 5.56. The maximum absolute atomic E-state index is 11.4. The van der Waals surface area contributed by atoms with E-state index >= 15 is 0 Å². The van der Waals surface area contributed by atoms with Crippen molar-refractivity contribution in [1.82, 2.24) is 9.97 Å². The molecule has 0 aliphatic carbocycles. The molecule has 7 heteroatoms. The first-order valence-electron chi connectivity index (χ1n) is 10.8. The molecule has 0 radical (unpaired) electrons. The molecule has 3 heterocycles. The maximum Gasteiger partial charge on any atom is 0.232 e. The Bertz CT molecular complexity index is 1230. The van der Waals surface area contributed by atoms with Crippen molar-refractivity contribution in [2.75, 3.05) is 23.8 Å². The van der Waals surface area contributed by atoms with Crippen molar-refractivity contribution in [2.24, 2.45) is 0 Å². The molecular weight excluding hydrogens is 404 g/mol. The zero-order valence-corrected chi connectivity index (χ0v) is 17.8. The summed E-state index contributed by atoms with van der Waals surface area (Å²) in [5.41, 5.74) is 4.10. The first-order chi connectivity index (χ1) is 15.7. The number of rotatable bonds is 6. The maximum atomic E-state index is 11.4. The van der Waals surface area contributed by atoms with E-state index in [9.17, 15) is 4.79 Å². The van der Waals surface area contributed by atoms with Crippen LogP contribution in [0.5, 0.6) is 0 Å². The number of carbonyl (C=O) groups excluding carboxylic acids is 1. The molecule has 1 fully saturated rings. The molecule has 7 nitrogen and oxygen atoms in total. The van der Waals surface area contributed by atoms with Gasteiger partial charge in [-0.3, -0.25) is 4.79 Å². The minimum Gasteiger partial charge on any atom is -0.437 e. The molecule has 1 aliphatic heterocycles. The standard InChI is InChI=1S/C25H24N4O3/c1-16(30)29-19-11-9-18(10-12-19)23-21(17-6-3-2-4-7-17)22-24(27-15-28-25(22)32-23)26-14-20-8-5-13-31-20/h2-4,6-7,9-12,15,20H,5,8,13-14H2,1H3,(H,29,30)(H,26,27,28). The summed E-state index contributed by atoms with van der Waals surface area (Å²) >= 11 is 0. The van der Waals surface area contributed by atoms with E-state index < -0.39 is 0 Å². The van der Waals surface area contributed by atoms with Crippen molar-refractivity contribution >= 4 is 28.5 Å². The lowest BCUT2D eigenvalue weighted by atomic mass is 9.99. The number of furan rings is 1. The third-order valence-electron chi connectivity index (χ3n) is 5.54. The molecule has 2 N–H and O–H groups in total. The summed E-state index contributed by atoms with van der Waals surface area (Å²) in [5.74, 6) is 1.33. The molecule has 2 aromatic carbocycles. The quantitative estimate of drug-likeness (QED) is 0.444. The molecule has 1 unspecified atom stereocenters. The molecule has 0 bridgehead atoms. The van der Waals surface area contributed by atoms with Gasteiger partial charge in [0.25, 0.3) is 0 Å². The second-order valence-corrected chi connectivity index (χ2v) is 7.85. The van der Waals surface area contributed by atoms with Gasteiger partial charge in [0.15, 0.2) is 0 Å². The summed E-state index contributed by atoms with van der Waals surface area (Å²) in [7, 11) is 0. The van der Waals surface area contributed by atoms with E-state index in [4.69, 9.17) is 9.15 Å². The Morgan fingerprint density at radius 2 is 1.88 bits per heavy atom. The van der Waals surface area contributed by atoms with Gasteiger partial charge in [-0.15, -0.1) is 0 Å². The molecule has 0 spiro atoms. The van der Waals surface area contributed by atoms with Crippen LogP contribution < -0.4 is 10.6 Å². The number of carbonyl (C=O) groups is 1. The summed E-state index contributed by atoms with van der Waals surface area (Å²) < 4.78 is 12.0. The van der Waals surface area contributed by atoms with Gasteiger partial charge < -0.3 is 19.8 Å². The lowest BCUT2D eigenvalue weighted by Gasteiger charge is -2.12. The predicted molar refractivity (Wildman–Crippen MR) is 124 cm³/mol. The molecule has 0 saturated carbocycles. The average molecular weight is 428 g/mol. The minimum atomic E-state index is -0.108. The molecule has 1 aliphatic rings.